The lowest BCUT2D eigenvalue weighted by Crippen LogP contribution is -2.41. The van der Waals surface area contributed by atoms with E-state index in [9.17, 15) is 14.0 Å². The third kappa shape index (κ3) is 4.48. The molecule has 0 aliphatic rings. The van der Waals surface area contributed by atoms with Gasteiger partial charge < -0.3 is 15.3 Å². The van der Waals surface area contributed by atoms with E-state index in [1.165, 1.54) is 24.9 Å². The molecular formula is C14H17Cl2FN2O3. The van der Waals surface area contributed by atoms with E-state index in [0.717, 1.165) is 6.07 Å². The van der Waals surface area contributed by atoms with Crippen molar-refractivity contribution in [3.8, 4) is 0 Å². The van der Waals surface area contributed by atoms with Crippen LogP contribution in [0.3, 0.4) is 0 Å². The fraction of sp³-hybridized carbons (Fsp3) is 0.429. The van der Waals surface area contributed by atoms with Crippen molar-refractivity contribution in [1.29, 1.82) is 0 Å². The van der Waals surface area contributed by atoms with Crippen LogP contribution >= 0.6 is 23.2 Å². The summed E-state index contributed by atoms with van der Waals surface area (Å²) in [5, 5.41) is 11.5. The van der Waals surface area contributed by atoms with Crippen LogP contribution in [0.1, 0.15) is 25.5 Å². The highest BCUT2D eigenvalue weighted by Crippen LogP contribution is 2.32. The highest BCUT2D eigenvalue weighted by Gasteiger charge is 2.22. The number of carboxylic acid groups (broad SMARTS) is 1. The number of hydrogen-bond donors (Lipinski definition) is 2. The number of nitrogens with one attached hydrogen (secondary N) is 1. The minimum Gasteiger partial charge on any atom is -0.481 e. The number of amides is 2. The zero-order valence-corrected chi connectivity index (χ0v) is 13.9. The molecule has 1 aromatic rings. The first-order valence-corrected chi connectivity index (χ1v) is 7.28. The van der Waals surface area contributed by atoms with E-state index in [0.29, 0.717) is 0 Å². The molecule has 0 fully saturated rings. The summed E-state index contributed by atoms with van der Waals surface area (Å²) in [5.74, 6) is -2.33. The lowest BCUT2D eigenvalue weighted by atomic mass is 10.1. The third-order valence-electron chi connectivity index (χ3n) is 3.17. The summed E-state index contributed by atoms with van der Waals surface area (Å²) in [7, 11) is 1.47. The van der Waals surface area contributed by atoms with Gasteiger partial charge in [-0.05, 0) is 19.1 Å². The Balaban J connectivity index is 2.80. The van der Waals surface area contributed by atoms with Gasteiger partial charge in [0.15, 0.2) is 0 Å². The third-order valence-corrected chi connectivity index (χ3v) is 3.88. The molecule has 0 spiro atoms. The standard InChI is InChI=1S/C14H17Cl2FN2O3/c1-7(13(20)21)6-19(3)14(22)18-8(2)11-9(15)4-5-10(17)12(11)16/h4-5,7-8H,6H2,1-3H3,(H,18,22)(H,20,21). The molecule has 0 aromatic heterocycles. The number of carboxylic acids is 1. The van der Waals surface area contributed by atoms with Crippen LogP contribution in [-0.2, 0) is 4.79 Å². The Morgan fingerprint density at radius 3 is 2.50 bits per heavy atom. The normalized spacial score (nSPS) is 13.4. The molecule has 2 atom stereocenters. The smallest absolute Gasteiger partial charge is 0.317 e. The fourth-order valence-electron chi connectivity index (χ4n) is 1.88. The molecule has 0 saturated heterocycles. The summed E-state index contributed by atoms with van der Waals surface area (Å²) in [5.41, 5.74) is 0.274. The Bertz CT molecular complexity index is 583. The molecule has 5 nitrogen and oxygen atoms in total. The topological polar surface area (TPSA) is 69.6 Å². The Morgan fingerprint density at radius 2 is 1.95 bits per heavy atom. The monoisotopic (exact) mass is 350 g/mol. The van der Waals surface area contributed by atoms with Gasteiger partial charge in [0.2, 0.25) is 0 Å². The van der Waals surface area contributed by atoms with Crippen LogP contribution in [0.5, 0.6) is 0 Å². The molecule has 2 amide bonds. The van der Waals surface area contributed by atoms with Gasteiger partial charge in [0, 0.05) is 24.2 Å². The van der Waals surface area contributed by atoms with E-state index in [1.54, 1.807) is 6.92 Å². The second-order valence-corrected chi connectivity index (χ2v) is 5.83. The molecule has 0 aliphatic heterocycles. The summed E-state index contributed by atoms with van der Waals surface area (Å²) >= 11 is 11.9. The quantitative estimate of drug-likeness (QED) is 0.797. The van der Waals surface area contributed by atoms with E-state index in [4.69, 9.17) is 28.3 Å². The minimum atomic E-state index is -0.996. The maximum atomic E-state index is 13.5. The van der Waals surface area contributed by atoms with Crippen molar-refractivity contribution in [1.82, 2.24) is 10.2 Å². The van der Waals surface area contributed by atoms with Crippen LogP contribution in [0, 0.1) is 11.7 Å². The molecule has 0 heterocycles. The summed E-state index contributed by atoms with van der Waals surface area (Å²) in [6.45, 7) is 3.15. The fourth-order valence-corrected chi connectivity index (χ4v) is 2.58. The van der Waals surface area contributed by atoms with Crippen LogP contribution in [0.4, 0.5) is 9.18 Å². The van der Waals surface area contributed by atoms with Crippen molar-refractivity contribution in [3.05, 3.63) is 33.6 Å². The number of rotatable bonds is 5. The molecule has 0 aliphatic carbocycles. The average Bonchev–Trinajstić information content (AvgIpc) is 2.42. The van der Waals surface area contributed by atoms with Gasteiger partial charge in [-0.25, -0.2) is 9.18 Å². The van der Waals surface area contributed by atoms with Crippen LogP contribution in [0.2, 0.25) is 10.0 Å². The zero-order chi connectivity index (χ0) is 17.0. The van der Waals surface area contributed by atoms with Gasteiger partial charge in [-0.15, -0.1) is 0 Å². The molecule has 0 bridgehead atoms. The first kappa shape index (κ1) is 18.5. The number of nitrogens with zero attached hydrogens (tertiary/aromatic N) is 1. The summed E-state index contributed by atoms with van der Waals surface area (Å²) in [4.78, 5) is 24.1. The molecule has 1 rings (SSSR count). The second-order valence-electron chi connectivity index (χ2n) is 5.05. The molecule has 1 aromatic carbocycles. The van der Waals surface area contributed by atoms with Crippen molar-refractivity contribution in [2.45, 2.75) is 19.9 Å². The highest BCUT2D eigenvalue weighted by molar-refractivity contribution is 6.36. The highest BCUT2D eigenvalue weighted by atomic mass is 35.5. The van der Waals surface area contributed by atoms with Gasteiger partial charge in [-0.1, -0.05) is 30.1 Å². The van der Waals surface area contributed by atoms with Crippen LogP contribution in [-0.4, -0.2) is 35.6 Å². The number of aliphatic carboxylic acids is 1. The summed E-state index contributed by atoms with van der Waals surface area (Å²) in [6, 6.07) is 1.36. The van der Waals surface area contributed by atoms with Crippen molar-refractivity contribution in [2.75, 3.05) is 13.6 Å². The number of benzene rings is 1. The van der Waals surface area contributed by atoms with Crippen LogP contribution in [0.15, 0.2) is 12.1 Å². The van der Waals surface area contributed by atoms with Crippen LogP contribution < -0.4 is 5.32 Å². The van der Waals surface area contributed by atoms with Crippen molar-refractivity contribution >= 4 is 35.2 Å². The lowest BCUT2D eigenvalue weighted by molar-refractivity contribution is -0.141. The lowest BCUT2D eigenvalue weighted by Gasteiger charge is -2.24. The summed E-state index contributed by atoms with van der Waals surface area (Å²) in [6.07, 6.45) is 0. The van der Waals surface area contributed by atoms with Gasteiger partial charge in [-0.2, -0.15) is 0 Å². The first-order chi connectivity index (χ1) is 10.1. The molecular weight excluding hydrogens is 334 g/mol. The Labute approximate surface area is 138 Å². The van der Waals surface area contributed by atoms with E-state index >= 15 is 0 Å². The van der Waals surface area contributed by atoms with Gasteiger partial charge >= 0.3 is 12.0 Å². The molecule has 0 saturated carbocycles. The SMILES string of the molecule is CC(CN(C)C(=O)NC(C)c1c(Cl)ccc(F)c1Cl)C(=O)O. The minimum absolute atomic E-state index is 0.0402. The zero-order valence-electron chi connectivity index (χ0n) is 12.4. The number of carbonyl (C=O) groups is 2. The Hall–Kier alpha value is -1.53. The predicted molar refractivity (Wildman–Crippen MR) is 82.8 cm³/mol. The summed E-state index contributed by atoms with van der Waals surface area (Å²) < 4.78 is 13.5. The van der Waals surface area contributed by atoms with Crippen molar-refractivity contribution in [3.63, 3.8) is 0 Å². The van der Waals surface area contributed by atoms with Crippen LogP contribution in [0.25, 0.3) is 0 Å². The maximum Gasteiger partial charge on any atom is 0.317 e. The number of hydrogen-bond acceptors (Lipinski definition) is 2. The Morgan fingerprint density at radius 1 is 1.36 bits per heavy atom. The second kappa shape index (κ2) is 7.65. The van der Waals surface area contributed by atoms with Gasteiger partial charge in [0.1, 0.15) is 5.82 Å². The number of urea groups is 1. The molecule has 8 heteroatoms. The van der Waals surface area contributed by atoms with Crippen molar-refractivity contribution in [2.24, 2.45) is 5.92 Å². The molecule has 0 radical (unpaired) electrons. The van der Waals surface area contributed by atoms with Gasteiger partial charge in [-0.3, -0.25) is 4.79 Å². The van der Waals surface area contributed by atoms with E-state index in [2.05, 4.69) is 5.32 Å². The van der Waals surface area contributed by atoms with E-state index < -0.39 is 29.8 Å². The molecule has 2 unspecified atom stereocenters. The van der Waals surface area contributed by atoms with Gasteiger partial charge in [0.25, 0.3) is 0 Å². The molecule has 2 N–H and O–H groups in total. The van der Waals surface area contributed by atoms with Gasteiger partial charge in [0.05, 0.1) is 17.0 Å². The predicted octanol–water partition coefficient (Wildman–Crippen LogP) is 3.56. The Kier molecular flexibility index (Phi) is 6.44. The average molecular weight is 351 g/mol. The molecule has 122 valence electrons. The first-order valence-electron chi connectivity index (χ1n) is 6.53. The maximum absolute atomic E-state index is 13.5. The number of carbonyl (C=O) groups excluding carboxylic acids is 1. The largest absolute Gasteiger partial charge is 0.481 e. The molecule has 22 heavy (non-hydrogen) atoms. The van der Waals surface area contributed by atoms with E-state index in [1.807, 2.05) is 0 Å². The number of halogens is 3. The van der Waals surface area contributed by atoms with E-state index in [-0.39, 0.29) is 22.2 Å². The van der Waals surface area contributed by atoms with Crippen molar-refractivity contribution < 1.29 is 19.1 Å².